The summed E-state index contributed by atoms with van der Waals surface area (Å²) in [6, 6.07) is 0.199. The van der Waals surface area contributed by atoms with Gasteiger partial charge < -0.3 is 15.4 Å². The first kappa shape index (κ1) is 12.5. The molecule has 1 heterocycles. The van der Waals surface area contributed by atoms with Crippen molar-refractivity contribution in [2.24, 2.45) is 11.8 Å². The summed E-state index contributed by atoms with van der Waals surface area (Å²) < 4.78 is 4.98. The molecule has 0 aromatic carbocycles. The predicted octanol–water partition coefficient (Wildman–Crippen LogP) is 0.383. The van der Waals surface area contributed by atoms with Gasteiger partial charge in [0.2, 0.25) is 5.91 Å². The largest absolute Gasteiger partial charge is 0.385 e. The SMILES string of the molecule is COCCC(C)NC(=O)[C@@H]1CNC[C@H]1C. The third kappa shape index (κ3) is 3.80. The lowest BCUT2D eigenvalue weighted by Gasteiger charge is -2.18. The standard InChI is InChI=1S/C11H22N2O2/c1-8-6-12-7-10(8)11(14)13-9(2)4-5-15-3/h8-10,12H,4-7H2,1-3H3,(H,13,14)/t8-,9?,10-/m1/s1. The number of carbonyl (C=O) groups excluding carboxylic acids is 1. The van der Waals surface area contributed by atoms with Crippen molar-refractivity contribution in [3.8, 4) is 0 Å². The molecule has 0 aromatic rings. The summed E-state index contributed by atoms with van der Waals surface area (Å²) in [5.74, 6) is 0.755. The zero-order valence-electron chi connectivity index (χ0n) is 9.88. The van der Waals surface area contributed by atoms with E-state index in [0.717, 1.165) is 19.5 Å². The van der Waals surface area contributed by atoms with Crippen LogP contribution >= 0.6 is 0 Å². The van der Waals surface area contributed by atoms with Crippen LogP contribution < -0.4 is 10.6 Å². The molecule has 15 heavy (non-hydrogen) atoms. The minimum atomic E-state index is 0.134. The van der Waals surface area contributed by atoms with Gasteiger partial charge in [0.1, 0.15) is 0 Å². The quantitative estimate of drug-likeness (QED) is 0.696. The number of nitrogens with one attached hydrogen (secondary N) is 2. The van der Waals surface area contributed by atoms with Gasteiger partial charge in [-0.2, -0.15) is 0 Å². The number of methoxy groups -OCH3 is 1. The summed E-state index contributed by atoms with van der Waals surface area (Å²) in [6.07, 6.45) is 0.872. The lowest BCUT2D eigenvalue weighted by Crippen LogP contribution is -2.40. The summed E-state index contributed by atoms with van der Waals surface area (Å²) >= 11 is 0. The lowest BCUT2D eigenvalue weighted by atomic mass is 9.97. The van der Waals surface area contributed by atoms with E-state index in [1.54, 1.807) is 7.11 Å². The molecule has 1 saturated heterocycles. The Kier molecular flexibility index (Phi) is 5.05. The van der Waals surface area contributed by atoms with Gasteiger partial charge in [-0.15, -0.1) is 0 Å². The summed E-state index contributed by atoms with van der Waals surface area (Å²) in [5.41, 5.74) is 0. The zero-order chi connectivity index (χ0) is 11.3. The third-order valence-electron chi connectivity index (χ3n) is 3.00. The zero-order valence-corrected chi connectivity index (χ0v) is 9.88. The molecule has 1 unspecified atom stereocenters. The number of amides is 1. The molecule has 0 spiro atoms. The monoisotopic (exact) mass is 214 g/mol. The Morgan fingerprint density at radius 3 is 2.87 bits per heavy atom. The summed E-state index contributed by atoms with van der Waals surface area (Å²) in [5, 5.41) is 6.26. The van der Waals surface area contributed by atoms with Crippen LogP contribution in [-0.4, -0.2) is 38.8 Å². The van der Waals surface area contributed by atoms with Crippen LogP contribution in [0.3, 0.4) is 0 Å². The maximum atomic E-state index is 11.8. The first-order chi connectivity index (χ1) is 7.15. The van der Waals surface area contributed by atoms with E-state index in [0.29, 0.717) is 12.5 Å². The van der Waals surface area contributed by atoms with Crippen molar-refractivity contribution in [3.63, 3.8) is 0 Å². The molecule has 1 rings (SSSR count). The number of hydrogen-bond donors (Lipinski definition) is 2. The molecule has 1 aliphatic rings. The highest BCUT2D eigenvalue weighted by molar-refractivity contribution is 5.79. The fraction of sp³-hybridized carbons (Fsp3) is 0.909. The van der Waals surface area contributed by atoms with Gasteiger partial charge in [-0.05, 0) is 25.8 Å². The number of ether oxygens (including phenoxy) is 1. The Morgan fingerprint density at radius 2 is 2.33 bits per heavy atom. The first-order valence-electron chi connectivity index (χ1n) is 5.65. The molecule has 0 aliphatic carbocycles. The first-order valence-corrected chi connectivity index (χ1v) is 5.65. The van der Waals surface area contributed by atoms with E-state index in [1.807, 2.05) is 6.92 Å². The molecule has 1 aliphatic heterocycles. The van der Waals surface area contributed by atoms with Crippen LogP contribution in [0.5, 0.6) is 0 Å². The van der Waals surface area contributed by atoms with E-state index >= 15 is 0 Å². The van der Waals surface area contributed by atoms with Gasteiger partial charge in [-0.1, -0.05) is 6.92 Å². The second-order valence-corrected chi connectivity index (χ2v) is 4.43. The van der Waals surface area contributed by atoms with E-state index in [9.17, 15) is 4.79 Å². The van der Waals surface area contributed by atoms with Crippen LogP contribution in [0.1, 0.15) is 20.3 Å². The van der Waals surface area contributed by atoms with Crippen LogP contribution in [0.2, 0.25) is 0 Å². The molecular formula is C11H22N2O2. The highest BCUT2D eigenvalue weighted by atomic mass is 16.5. The van der Waals surface area contributed by atoms with Crippen LogP contribution in [0.4, 0.5) is 0 Å². The molecule has 0 aromatic heterocycles. The fourth-order valence-corrected chi connectivity index (χ4v) is 1.88. The van der Waals surface area contributed by atoms with Gasteiger partial charge in [-0.3, -0.25) is 4.79 Å². The summed E-state index contributed by atoms with van der Waals surface area (Å²) in [6.45, 7) is 6.59. The van der Waals surface area contributed by atoms with Crippen molar-refractivity contribution in [1.29, 1.82) is 0 Å². The van der Waals surface area contributed by atoms with Gasteiger partial charge in [0.05, 0.1) is 5.92 Å². The third-order valence-corrected chi connectivity index (χ3v) is 3.00. The van der Waals surface area contributed by atoms with Crippen molar-refractivity contribution < 1.29 is 9.53 Å². The molecule has 88 valence electrons. The normalized spacial score (nSPS) is 27.7. The van der Waals surface area contributed by atoms with E-state index in [4.69, 9.17) is 4.74 Å². The van der Waals surface area contributed by atoms with Gasteiger partial charge in [0.15, 0.2) is 0 Å². The summed E-state index contributed by atoms with van der Waals surface area (Å²) in [7, 11) is 1.68. The second kappa shape index (κ2) is 6.08. The van der Waals surface area contributed by atoms with Crippen LogP contribution in [0.15, 0.2) is 0 Å². The van der Waals surface area contributed by atoms with Gasteiger partial charge in [-0.25, -0.2) is 0 Å². The van der Waals surface area contributed by atoms with Gasteiger partial charge in [0, 0.05) is 26.3 Å². The Labute approximate surface area is 91.8 Å². The smallest absolute Gasteiger partial charge is 0.224 e. The maximum Gasteiger partial charge on any atom is 0.224 e. The average molecular weight is 214 g/mol. The fourth-order valence-electron chi connectivity index (χ4n) is 1.88. The van der Waals surface area contributed by atoms with Crippen LogP contribution in [-0.2, 0) is 9.53 Å². The van der Waals surface area contributed by atoms with E-state index in [1.165, 1.54) is 0 Å². The Balaban J connectivity index is 2.28. The van der Waals surface area contributed by atoms with Gasteiger partial charge in [0.25, 0.3) is 0 Å². The molecular weight excluding hydrogens is 192 g/mol. The Morgan fingerprint density at radius 1 is 1.60 bits per heavy atom. The lowest BCUT2D eigenvalue weighted by molar-refractivity contribution is -0.126. The minimum absolute atomic E-state index is 0.134. The predicted molar refractivity (Wildman–Crippen MR) is 59.6 cm³/mol. The molecule has 0 saturated carbocycles. The van der Waals surface area contributed by atoms with Crippen molar-refractivity contribution in [2.75, 3.05) is 26.8 Å². The molecule has 3 atom stereocenters. The number of hydrogen-bond acceptors (Lipinski definition) is 3. The topological polar surface area (TPSA) is 50.4 Å². The van der Waals surface area contributed by atoms with Crippen molar-refractivity contribution in [1.82, 2.24) is 10.6 Å². The molecule has 0 radical (unpaired) electrons. The van der Waals surface area contributed by atoms with E-state index in [2.05, 4.69) is 17.6 Å². The molecule has 2 N–H and O–H groups in total. The van der Waals surface area contributed by atoms with E-state index in [-0.39, 0.29) is 17.9 Å². The molecule has 4 nitrogen and oxygen atoms in total. The van der Waals surface area contributed by atoms with Gasteiger partial charge >= 0.3 is 0 Å². The minimum Gasteiger partial charge on any atom is -0.385 e. The second-order valence-electron chi connectivity index (χ2n) is 4.43. The molecule has 1 fully saturated rings. The van der Waals surface area contributed by atoms with Crippen molar-refractivity contribution >= 4 is 5.91 Å². The van der Waals surface area contributed by atoms with E-state index < -0.39 is 0 Å². The Bertz CT molecular complexity index is 209. The summed E-state index contributed by atoms with van der Waals surface area (Å²) in [4.78, 5) is 11.8. The van der Waals surface area contributed by atoms with Crippen LogP contribution in [0.25, 0.3) is 0 Å². The number of carbonyl (C=O) groups is 1. The van der Waals surface area contributed by atoms with Crippen LogP contribution in [0, 0.1) is 11.8 Å². The maximum absolute atomic E-state index is 11.8. The highest BCUT2D eigenvalue weighted by Crippen LogP contribution is 2.15. The van der Waals surface area contributed by atoms with Crippen molar-refractivity contribution in [2.45, 2.75) is 26.3 Å². The number of rotatable bonds is 5. The molecule has 1 amide bonds. The van der Waals surface area contributed by atoms with Crippen molar-refractivity contribution in [3.05, 3.63) is 0 Å². The average Bonchev–Trinajstić information content (AvgIpc) is 2.61. The highest BCUT2D eigenvalue weighted by Gasteiger charge is 2.29. The molecule has 0 bridgehead atoms. The molecule has 4 heteroatoms. The Hall–Kier alpha value is -0.610.